The van der Waals surface area contributed by atoms with Gasteiger partial charge in [0.15, 0.2) is 5.82 Å². The molecular formula is C14H13N3S. The maximum absolute atomic E-state index is 6.04. The number of hydrogen-bond donors (Lipinski definition) is 1. The minimum absolute atomic E-state index is 0.548. The van der Waals surface area contributed by atoms with Crippen molar-refractivity contribution in [1.29, 1.82) is 0 Å². The van der Waals surface area contributed by atoms with Gasteiger partial charge in [-0.2, -0.15) is 0 Å². The van der Waals surface area contributed by atoms with Crippen LogP contribution in [0, 0.1) is 13.8 Å². The first-order chi connectivity index (χ1) is 8.65. The van der Waals surface area contributed by atoms with Crippen LogP contribution in [0.4, 0.5) is 5.82 Å². The van der Waals surface area contributed by atoms with Crippen molar-refractivity contribution in [2.24, 2.45) is 0 Å². The second-order valence-electron chi connectivity index (χ2n) is 4.39. The van der Waals surface area contributed by atoms with Gasteiger partial charge in [0.2, 0.25) is 0 Å². The molecule has 0 aliphatic rings. The number of nitrogen functional groups attached to an aromatic ring is 1. The molecule has 0 amide bonds. The van der Waals surface area contributed by atoms with Crippen molar-refractivity contribution in [3.05, 3.63) is 40.8 Å². The summed E-state index contributed by atoms with van der Waals surface area (Å²) in [5.41, 5.74) is 9.29. The topological polar surface area (TPSA) is 51.8 Å². The summed E-state index contributed by atoms with van der Waals surface area (Å²) in [6.45, 7) is 4.10. The summed E-state index contributed by atoms with van der Waals surface area (Å²) in [5, 5.41) is 2.97. The van der Waals surface area contributed by atoms with Gasteiger partial charge < -0.3 is 5.73 Å². The van der Waals surface area contributed by atoms with Crippen molar-refractivity contribution in [3.8, 4) is 10.7 Å². The van der Waals surface area contributed by atoms with Gasteiger partial charge in [0.1, 0.15) is 5.82 Å². The first-order valence-corrected chi connectivity index (χ1v) is 6.61. The molecule has 0 spiro atoms. The maximum Gasteiger partial charge on any atom is 0.172 e. The lowest BCUT2D eigenvalue weighted by molar-refractivity contribution is 1.23. The van der Waals surface area contributed by atoms with Crippen LogP contribution >= 0.6 is 11.3 Å². The van der Waals surface area contributed by atoms with Gasteiger partial charge in [-0.15, -0.1) is 11.3 Å². The zero-order chi connectivity index (χ0) is 12.7. The van der Waals surface area contributed by atoms with E-state index >= 15 is 0 Å². The first kappa shape index (κ1) is 11.2. The lowest BCUT2D eigenvalue weighted by Gasteiger charge is -2.05. The predicted molar refractivity (Wildman–Crippen MR) is 76.7 cm³/mol. The summed E-state index contributed by atoms with van der Waals surface area (Å²) >= 11 is 1.64. The van der Waals surface area contributed by atoms with E-state index in [1.807, 2.05) is 30.5 Å². The monoisotopic (exact) mass is 255 g/mol. The standard InChI is InChI=1S/C14H13N3S/c1-8-3-4-11-10(7-8)13(15)17-14(16-11)12-9(2)5-6-18-12/h3-7H,1-2H3,(H2,15,16,17). The molecule has 3 rings (SSSR count). The second kappa shape index (κ2) is 4.07. The normalized spacial score (nSPS) is 11.0. The Bertz CT molecular complexity index is 731. The molecule has 0 bridgehead atoms. The summed E-state index contributed by atoms with van der Waals surface area (Å²) in [6.07, 6.45) is 0. The van der Waals surface area contributed by atoms with Gasteiger partial charge >= 0.3 is 0 Å². The highest BCUT2D eigenvalue weighted by atomic mass is 32.1. The van der Waals surface area contributed by atoms with Gasteiger partial charge in [0.05, 0.1) is 10.4 Å². The quantitative estimate of drug-likeness (QED) is 0.723. The van der Waals surface area contributed by atoms with E-state index in [-0.39, 0.29) is 0 Å². The molecular weight excluding hydrogens is 242 g/mol. The summed E-state index contributed by atoms with van der Waals surface area (Å²) in [7, 11) is 0. The molecule has 2 aromatic heterocycles. The maximum atomic E-state index is 6.04. The summed E-state index contributed by atoms with van der Waals surface area (Å²) in [5.74, 6) is 1.27. The highest BCUT2D eigenvalue weighted by molar-refractivity contribution is 7.13. The van der Waals surface area contributed by atoms with E-state index < -0.39 is 0 Å². The lowest BCUT2D eigenvalue weighted by atomic mass is 10.1. The molecule has 0 saturated heterocycles. The van der Waals surface area contributed by atoms with E-state index in [9.17, 15) is 0 Å². The largest absolute Gasteiger partial charge is 0.383 e. The van der Waals surface area contributed by atoms with E-state index in [1.54, 1.807) is 11.3 Å². The molecule has 2 heterocycles. The molecule has 18 heavy (non-hydrogen) atoms. The van der Waals surface area contributed by atoms with Crippen LogP contribution in [0.15, 0.2) is 29.6 Å². The molecule has 2 N–H and O–H groups in total. The van der Waals surface area contributed by atoms with Gasteiger partial charge in [-0.3, -0.25) is 0 Å². The van der Waals surface area contributed by atoms with E-state index in [1.165, 1.54) is 5.56 Å². The van der Waals surface area contributed by atoms with Gasteiger partial charge in [-0.25, -0.2) is 9.97 Å². The average molecular weight is 255 g/mol. The van der Waals surface area contributed by atoms with Crippen molar-refractivity contribution in [3.63, 3.8) is 0 Å². The fourth-order valence-corrected chi connectivity index (χ4v) is 2.83. The van der Waals surface area contributed by atoms with E-state index in [4.69, 9.17) is 5.73 Å². The highest BCUT2D eigenvalue weighted by Gasteiger charge is 2.10. The van der Waals surface area contributed by atoms with Crippen LogP contribution < -0.4 is 5.73 Å². The summed E-state index contributed by atoms with van der Waals surface area (Å²) in [4.78, 5) is 10.1. The fraction of sp³-hybridized carbons (Fsp3) is 0.143. The first-order valence-electron chi connectivity index (χ1n) is 5.73. The smallest absolute Gasteiger partial charge is 0.172 e. The third kappa shape index (κ3) is 1.75. The summed E-state index contributed by atoms with van der Waals surface area (Å²) in [6, 6.07) is 8.13. The van der Waals surface area contributed by atoms with Crippen molar-refractivity contribution in [2.45, 2.75) is 13.8 Å². The molecule has 0 atom stereocenters. The minimum atomic E-state index is 0.548. The van der Waals surface area contributed by atoms with Crippen molar-refractivity contribution < 1.29 is 0 Å². The Morgan fingerprint density at radius 2 is 1.94 bits per heavy atom. The molecule has 0 fully saturated rings. The van der Waals surface area contributed by atoms with Crippen LogP contribution in [0.1, 0.15) is 11.1 Å². The van der Waals surface area contributed by atoms with Crippen LogP contribution in [0.3, 0.4) is 0 Å². The number of aromatic nitrogens is 2. The molecule has 4 heteroatoms. The van der Waals surface area contributed by atoms with Crippen LogP contribution in [0.5, 0.6) is 0 Å². The molecule has 90 valence electrons. The summed E-state index contributed by atoms with van der Waals surface area (Å²) < 4.78 is 0. The average Bonchev–Trinajstić information content (AvgIpc) is 2.76. The molecule has 3 aromatic rings. The Kier molecular flexibility index (Phi) is 2.52. The van der Waals surface area contributed by atoms with Crippen LogP contribution in [0.25, 0.3) is 21.6 Å². The van der Waals surface area contributed by atoms with E-state index in [0.29, 0.717) is 5.82 Å². The zero-order valence-electron chi connectivity index (χ0n) is 10.3. The number of hydrogen-bond acceptors (Lipinski definition) is 4. The zero-order valence-corrected chi connectivity index (χ0v) is 11.1. The Morgan fingerprint density at radius 3 is 2.67 bits per heavy atom. The van der Waals surface area contributed by atoms with Crippen molar-refractivity contribution in [2.75, 3.05) is 5.73 Å². The Labute approximate surface area is 109 Å². The Balaban J connectivity index is 2.28. The number of benzene rings is 1. The number of nitrogens with two attached hydrogens (primary N) is 1. The highest BCUT2D eigenvalue weighted by Crippen LogP contribution is 2.29. The predicted octanol–water partition coefficient (Wildman–Crippen LogP) is 3.56. The molecule has 0 radical (unpaired) electrons. The van der Waals surface area contributed by atoms with Gasteiger partial charge in [0.25, 0.3) is 0 Å². The van der Waals surface area contributed by atoms with Gasteiger partial charge in [0, 0.05) is 5.39 Å². The number of anilines is 1. The van der Waals surface area contributed by atoms with E-state index in [0.717, 1.165) is 27.2 Å². The van der Waals surface area contributed by atoms with Crippen LogP contribution in [0.2, 0.25) is 0 Å². The molecule has 0 aliphatic heterocycles. The number of rotatable bonds is 1. The molecule has 0 aliphatic carbocycles. The Morgan fingerprint density at radius 1 is 1.11 bits per heavy atom. The lowest BCUT2D eigenvalue weighted by Crippen LogP contribution is -1.97. The van der Waals surface area contributed by atoms with Gasteiger partial charge in [-0.1, -0.05) is 11.6 Å². The molecule has 0 unspecified atom stereocenters. The third-order valence-electron chi connectivity index (χ3n) is 2.95. The second-order valence-corrected chi connectivity index (χ2v) is 5.30. The molecule has 3 nitrogen and oxygen atoms in total. The fourth-order valence-electron chi connectivity index (χ4n) is 1.97. The Hall–Kier alpha value is -1.94. The number of nitrogens with zero attached hydrogens (tertiary/aromatic N) is 2. The SMILES string of the molecule is Cc1ccc2nc(-c3sccc3C)nc(N)c2c1. The van der Waals surface area contributed by atoms with Crippen molar-refractivity contribution in [1.82, 2.24) is 9.97 Å². The van der Waals surface area contributed by atoms with Crippen molar-refractivity contribution >= 4 is 28.1 Å². The number of thiophene rings is 1. The number of aryl methyl sites for hydroxylation is 2. The van der Waals surface area contributed by atoms with Crippen LogP contribution in [-0.2, 0) is 0 Å². The molecule has 0 saturated carbocycles. The van der Waals surface area contributed by atoms with E-state index in [2.05, 4.69) is 23.0 Å². The van der Waals surface area contributed by atoms with Crippen LogP contribution in [-0.4, -0.2) is 9.97 Å². The molecule has 1 aromatic carbocycles. The minimum Gasteiger partial charge on any atom is -0.383 e. The van der Waals surface area contributed by atoms with Gasteiger partial charge in [-0.05, 0) is 43.0 Å². The third-order valence-corrected chi connectivity index (χ3v) is 3.96. The number of fused-ring (bicyclic) bond motifs is 1.